The molecule has 5 nitrogen and oxygen atoms in total. The van der Waals surface area contributed by atoms with Gasteiger partial charge in [-0.15, -0.1) is 0 Å². The molecule has 0 aliphatic heterocycles. The Hall–Kier alpha value is -2.56. The van der Waals surface area contributed by atoms with E-state index in [4.69, 9.17) is 21.6 Å². The lowest BCUT2D eigenvalue weighted by Crippen LogP contribution is -2.18. The van der Waals surface area contributed by atoms with Crippen molar-refractivity contribution in [1.82, 2.24) is 0 Å². The van der Waals surface area contributed by atoms with Crippen LogP contribution in [0, 0.1) is 5.41 Å². The first-order chi connectivity index (χ1) is 8.60. The molecule has 0 radical (unpaired) electrons. The molecule has 2 rings (SSSR count). The van der Waals surface area contributed by atoms with Crippen LogP contribution in [0.15, 0.2) is 52.9 Å². The molecule has 5 heteroatoms. The van der Waals surface area contributed by atoms with Crippen molar-refractivity contribution < 1.29 is 4.74 Å². The van der Waals surface area contributed by atoms with E-state index in [0.29, 0.717) is 22.9 Å². The molecular weight excluding hydrogens is 228 g/mol. The Morgan fingerprint density at radius 2 is 1.78 bits per heavy atom. The fourth-order valence-corrected chi connectivity index (χ4v) is 1.54. The molecule has 1 aliphatic carbocycles. The highest BCUT2D eigenvalue weighted by atomic mass is 16.5. The number of anilines is 1. The number of hydrogen-bond acceptors (Lipinski definition) is 5. The maximum Gasteiger partial charge on any atom is 0.146 e. The molecule has 0 saturated heterocycles. The van der Waals surface area contributed by atoms with E-state index in [1.165, 1.54) is 13.2 Å². The van der Waals surface area contributed by atoms with Crippen molar-refractivity contribution in [2.24, 2.45) is 10.7 Å². The normalized spacial score (nSPS) is 17.4. The monoisotopic (exact) mass is 242 g/mol. The van der Waals surface area contributed by atoms with Gasteiger partial charge < -0.3 is 16.2 Å². The third-order valence-electron chi connectivity index (χ3n) is 2.49. The van der Waals surface area contributed by atoms with Gasteiger partial charge in [0.25, 0.3) is 0 Å². The van der Waals surface area contributed by atoms with Gasteiger partial charge in [0.05, 0.1) is 29.9 Å². The Morgan fingerprint density at radius 1 is 1.11 bits per heavy atom. The lowest BCUT2D eigenvalue weighted by atomic mass is 10.1. The highest BCUT2D eigenvalue weighted by molar-refractivity contribution is 6.22. The molecule has 0 bridgehead atoms. The summed E-state index contributed by atoms with van der Waals surface area (Å²) in [6, 6.07) is 7.14. The lowest BCUT2D eigenvalue weighted by molar-refractivity contribution is 0.315. The van der Waals surface area contributed by atoms with Crippen LogP contribution in [-0.4, -0.2) is 18.5 Å². The third kappa shape index (κ3) is 2.40. The average Bonchev–Trinajstić information content (AvgIpc) is 2.35. The lowest BCUT2D eigenvalue weighted by Gasteiger charge is -2.13. The molecule has 0 saturated carbocycles. The van der Waals surface area contributed by atoms with Crippen LogP contribution in [0.2, 0.25) is 0 Å². The minimum atomic E-state index is 0.242. The first-order valence-electron chi connectivity index (χ1n) is 5.36. The number of rotatable bonds is 2. The zero-order chi connectivity index (χ0) is 13.1. The summed E-state index contributed by atoms with van der Waals surface area (Å²) in [7, 11) is 1.51. The van der Waals surface area contributed by atoms with Crippen LogP contribution in [0.1, 0.15) is 0 Å². The van der Waals surface area contributed by atoms with Gasteiger partial charge in [-0.1, -0.05) is 0 Å². The molecule has 0 fully saturated rings. The summed E-state index contributed by atoms with van der Waals surface area (Å²) in [6.07, 6.45) is 3.17. The minimum Gasteiger partial charge on any atom is -0.494 e. The molecule has 0 aromatic heterocycles. The number of ether oxygens (including phenoxy) is 1. The van der Waals surface area contributed by atoms with Gasteiger partial charge in [0.15, 0.2) is 0 Å². The zero-order valence-corrected chi connectivity index (χ0v) is 9.97. The number of nitrogens with one attached hydrogen (secondary N) is 1. The van der Waals surface area contributed by atoms with Gasteiger partial charge in [-0.05, 0) is 30.3 Å². The van der Waals surface area contributed by atoms with Gasteiger partial charge >= 0.3 is 0 Å². The molecule has 0 amide bonds. The summed E-state index contributed by atoms with van der Waals surface area (Å²) < 4.78 is 5.07. The predicted molar refractivity (Wildman–Crippen MR) is 73.0 cm³/mol. The summed E-state index contributed by atoms with van der Waals surface area (Å²) in [5.74, 6) is 0.443. The van der Waals surface area contributed by atoms with Crippen LogP contribution < -0.4 is 11.5 Å². The van der Waals surface area contributed by atoms with Gasteiger partial charge in [-0.3, -0.25) is 5.41 Å². The standard InChI is InChI=1S/C13H14N4O/c1-18-13-7-12(10(15)6-11(13)16)17-9-4-2-8(14)3-5-9/h2-7,16H,14-15H2,1H3/b16-11?,17-12-. The van der Waals surface area contributed by atoms with Gasteiger partial charge in [-0.2, -0.15) is 0 Å². The highest BCUT2D eigenvalue weighted by Crippen LogP contribution is 2.18. The van der Waals surface area contributed by atoms with Crippen LogP contribution >= 0.6 is 0 Å². The maximum absolute atomic E-state index is 7.65. The van der Waals surface area contributed by atoms with Crippen molar-refractivity contribution in [1.29, 1.82) is 5.41 Å². The fraction of sp³-hybridized carbons (Fsp3) is 0.0769. The van der Waals surface area contributed by atoms with E-state index < -0.39 is 0 Å². The molecule has 18 heavy (non-hydrogen) atoms. The molecule has 0 heterocycles. The summed E-state index contributed by atoms with van der Waals surface area (Å²) in [4.78, 5) is 4.39. The number of benzene rings is 1. The molecule has 1 aromatic rings. The molecule has 92 valence electrons. The second-order valence-corrected chi connectivity index (χ2v) is 3.81. The predicted octanol–water partition coefficient (Wildman–Crippen LogP) is 1.75. The first kappa shape index (κ1) is 11.9. The number of aliphatic imine (C=N–C) groups is 1. The van der Waals surface area contributed by atoms with E-state index in [0.717, 1.165) is 5.69 Å². The third-order valence-corrected chi connectivity index (χ3v) is 2.49. The molecule has 0 unspecified atom stereocenters. The van der Waals surface area contributed by atoms with Crippen molar-refractivity contribution in [2.45, 2.75) is 0 Å². The van der Waals surface area contributed by atoms with Crippen molar-refractivity contribution in [3.05, 3.63) is 47.9 Å². The molecule has 5 N–H and O–H groups in total. The number of nitrogens with two attached hydrogens (primary N) is 2. The van der Waals surface area contributed by atoms with Crippen LogP contribution in [0.3, 0.4) is 0 Å². The summed E-state index contributed by atoms with van der Waals surface area (Å²) >= 11 is 0. The SMILES string of the molecule is COC1=C/C(=N/c2ccc(N)cc2)C(N)=CC1=N. The minimum absolute atomic E-state index is 0.242. The van der Waals surface area contributed by atoms with E-state index >= 15 is 0 Å². The van der Waals surface area contributed by atoms with E-state index in [1.807, 2.05) is 0 Å². The Kier molecular flexibility index (Phi) is 3.14. The Balaban J connectivity index is 2.37. The number of methoxy groups -OCH3 is 1. The van der Waals surface area contributed by atoms with E-state index in [-0.39, 0.29) is 5.71 Å². The van der Waals surface area contributed by atoms with E-state index in [9.17, 15) is 0 Å². The van der Waals surface area contributed by atoms with Crippen LogP contribution in [-0.2, 0) is 4.74 Å². The fourth-order valence-electron chi connectivity index (χ4n) is 1.54. The summed E-state index contributed by atoms with van der Waals surface area (Å²) in [5.41, 5.74) is 14.1. The second-order valence-electron chi connectivity index (χ2n) is 3.81. The van der Waals surface area contributed by atoms with Crippen molar-refractivity contribution in [3.8, 4) is 0 Å². The molecule has 1 aliphatic rings. The van der Waals surface area contributed by atoms with Gasteiger partial charge in [0.2, 0.25) is 0 Å². The number of hydrogen-bond donors (Lipinski definition) is 3. The maximum atomic E-state index is 7.65. The number of allylic oxidation sites excluding steroid dienone is 2. The van der Waals surface area contributed by atoms with Crippen LogP contribution in [0.5, 0.6) is 0 Å². The zero-order valence-electron chi connectivity index (χ0n) is 9.97. The summed E-state index contributed by atoms with van der Waals surface area (Å²) in [6.45, 7) is 0. The Morgan fingerprint density at radius 3 is 2.39 bits per heavy atom. The second kappa shape index (κ2) is 4.75. The largest absolute Gasteiger partial charge is 0.494 e. The quantitative estimate of drug-likeness (QED) is 0.544. The van der Waals surface area contributed by atoms with Gasteiger partial charge in [-0.25, -0.2) is 4.99 Å². The Labute approximate surface area is 105 Å². The topological polar surface area (TPSA) is 97.5 Å². The van der Waals surface area contributed by atoms with Gasteiger partial charge in [0.1, 0.15) is 5.76 Å². The molecular formula is C13H14N4O. The number of nitrogen functional groups attached to an aromatic ring is 1. The van der Waals surface area contributed by atoms with Gasteiger partial charge in [0, 0.05) is 11.8 Å². The van der Waals surface area contributed by atoms with Crippen molar-refractivity contribution >= 4 is 22.8 Å². The van der Waals surface area contributed by atoms with Crippen molar-refractivity contribution in [3.63, 3.8) is 0 Å². The molecule has 0 spiro atoms. The highest BCUT2D eigenvalue weighted by Gasteiger charge is 2.14. The molecule has 0 atom stereocenters. The first-order valence-corrected chi connectivity index (χ1v) is 5.36. The van der Waals surface area contributed by atoms with E-state index in [1.54, 1.807) is 30.3 Å². The van der Waals surface area contributed by atoms with Crippen LogP contribution in [0.25, 0.3) is 0 Å². The van der Waals surface area contributed by atoms with E-state index in [2.05, 4.69) is 4.99 Å². The van der Waals surface area contributed by atoms with Crippen molar-refractivity contribution in [2.75, 3.05) is 12.8 Å². The van der Waals surface area contributed by atoms with Crippen LogP contribution in [0.4, 0.5) is 11.4 Å². The smallest absolute Gasteiger partial charge is 0.146 e. The Bertz CT molecular complexity index is 567. The average molecular weight is 242 g/mol. The molecule has 1 aromatic carbocycles. The summed E-state index contributed by atoms with van der Waals surface area (Å²) in [5, 5.41) is 7.65. The number of nitrogens with zero attached hydrogens (tertiary/aromatic N) is 1.